The van der Waals surface area contributed by atoms with Gasteiger partial charge in [0.25, 0.3) is 0 Å². The van der Waals surface area contributed by atoms with Gasteiger partial charge in [-0.25, -0.2) is 22.6 Å². The summed E-state index contributed by atoms with van der Waals surface area (Å²) in [6, 6.07) is 1.06. The Kier molecular flexibility index (Phi) is 4.26. The normalized spacial score (nSPS) is 11.2. The van der Waals surface area contributed by atoms with E-state index in [-0.39, 0.29) is 17.3 Å². The summed E-state index contributed by atoms with van der Waals surface area (Å²) in [5.41, 5.74) is -0.177. The fourth-order valence-corrected chi connectivity index (χ4v) is 3.09. The number of carboxylic acid groups (broad SMARTS) is 1. The van der Waals surface area contributed by atoms with Crippen molar-refractivity contribution >= 4 is 28.6 Å². The topological polar surface area (TPSA) is 55.1 Å². The zero-order valence-corrected chi connectivity index (χ0v) is 13.2. The summed E-state index contributed by atoms with van der Waals surface area (Å²) in [6.45, 7) is 3.53. The number of carbonyl (C=O) groups is 1. The van der Waals surface area contributed by atoms with Crippen molar-refractivity contribution in [3.05, 3.63) is 44.5 Å². The van der Waals surface area contributed by atoms with E-state index in [4.69, 9.17) is 5.11 Å². The lowest BCUT2D eigenvalue weighted by Gasteiger charge is -2.12. The van der Waals surface area contributed by atoms with Gasteiger partial charge in [-0.3, -0.25) is 0 Å². The fourth-order valence-electron chi connectivity index (χ4n) is 1.90. The Labute approximate surface area is 131 Å². The van der Waals surface area contributed by atoms with Crippen molar-refractivity contribution in [2.75, 3.05) is 0 Å². The minimum atomic E-state index is -1.32. The first kappa shape index (κ1) is 15.8. The predicted octanol–water partition coefficient (Wildman–Crippen LogP) is 3.72. The van der Waals surface area contributed by atoms with Gasteiger partial charge in [0.15, 0.2) is 23.1 Å². The highest BCUT2D eigenvalue weighted by Gasteiger charge is 2.25. The molecule has 112 valence electrons. The van der Waals surface area contributed by atoms with Crippen LogP contribution >= 0.6 is 22.6 Å². The number of nitrogens with zero attached hydrogens (tertiary/aromatic N) is 2. The van der Waals surface area contributed by atoms with Crippen LogP contribution in [-0.4, -0.2) is 20.9 Å². The highest BCUT2D eigenvalue weighted by molar-refractivity contribution is 14.1. The zero-order chi connectivity index (χ0) is 15.9. The number of rotatable bonds is 3. The van der Waals surface area contributed by atoms with Gasteiger partial charge in [0.05, 0.1) is 9.26 Å². The average Bonchev–Trinajstić information content (AvgIpc) is 2.71. The Morgan fingerprint density at radius 2 is 1.81 bits per heavy atom. The minimum Gasteiger partial charge on any atom is -0.476 e. The van der Waals surface area contributed by atoms with Crippen LogP contribution in [0.15, 0.2) is 12.1 Å². The number of aromatic nitrogens is 2. The van der Waals surface area contributed by atoms with Gasteiger partial charge in [-0.2, -0.15) is 5.10 Å². The van der Waals surface area contributed by atoms with Gasteiger partial charge in [-0.15, -0.1) is 0 Å². The molecule has 0 aliphatic heterocycles. The molecule has 0 unspecified atom stereocenters. The van der Waals surface area contributed by atoms with Gasteiger partial charge in [0, 0.05) is 12.1 Å². The Morgan fingerprint density at radius 1 is 1.24 bits per heavy atom. The molecule has 0 aliphatic rings. The Hall–Kier alpha value is -1.58. The van der Waals surface area contributed by atoms with Crippen molar-refractivity contribution < 1.29 is 23.1 Å². The molecule has 0 spiro atoms. The van der Waals surface area contributed by atoms with Crippen molar-refractivity contribution in [3.8, 4) is 5.69 Å². The number of benzene rings is 1. The Morgan fingerprint density at radius 3 is 2.33 bits per heavy atom. The lowest BCUT2D eigenvalue weighted by Crippen LogP contribution is -2.08. The van der Waals surface area contributed by atoms with Crippen LogP contribution in [0.25, 0.3) is 5.69 Å². The molecular formula is C13H10F3IN2O2. The maximum Gasteiger partial charge on any atom is 0.357 e. The molecule has 1 N–H and O–H groups in total. The summed E-state index contributed by atoms with van der Waals surface area (Å²) < 4.78 is 41.6. The molecule has 0 fully saturated rings. The van der Waals surface area contributed by atoms with Gasteiger partial charge in [-0.05, 0) is 28.5 Å². The standard InChI is InChI=1S/C13H10F3IN2O2/c1-5(2)12-10(17)11(13(20)21)18-19(12)9-4-7(15)6(14)3-8(9)16/h3-5H,1-2H3,(H,20,21). The first-order valence-electron chi connectivity index (χ1n) is 5.90. The second-order valence-electron chi connectivity index (χ2n) is 4.64. The molecule has 0 atom stereocenters. The molecule has 1 aromatic carbocycles. The third-order valence-corrected chi connectivity index (χ3v) is 3.89. The Bertz CT molecular complexity index is 729. The van der Waals surface area contributed by atoms with Gasteiger partial charge in [0.1, 0.15) is 5.69 Å². The highest BCUT2D eigenvalue weighted by atomic mass is 127. The van der Waals surface area contributed by atoms with Crippen molar-refractivity contribution in [1.82, 2.24) is 9.78 Å². The monoisotopic (exact) mass is 410 g/mol. The van der Waals surface area contributed by atoms with E-state index in [2.05, 4.69) is 5.10 Å². The molecule has 0 aliphatic carbocycles. The van der Waals surface area contributed by atoms with Gasteiger partial charge >= 0.3 is 5.97 Å². The summed E-state index contributed by atoms with van der Waals surface area (Å²) in [7, 11) is 0. The zero-order valence-electron chi connectivity index (χ0n) is 11.0. The average molecular weight is 410 g/mol. The van der Waals surface area contributed by atoms with Crippen LogP contribution in [0.5, 0.6) is 0 Å². The van der Waals surface area contributed by atoms with E-state index in [1.165, 1.54) is 0 Å². The van der Waals surface area contributed by atoms with E-state index >= 15 is 0 Å². The van der Waals surface area contributed by atoms with Crippen LogP contribution in [0.1, 0.15) is 35.9 Å². The minimum absolute atomic E-state index is 0.190. The first-order chi connectivity index (χ1) is 9.73. The second-order valence-corrected chi connectivity index (χ2v) is 5.72. The van der Waals surface area contributed by atoms with E-state index in [0.29, 0.717) is 21.4 Å². The summed E-state index contributed by atoms with van der Waals surface area (Å²) >= 11 is 1.79. The number of hydrogen-bond acceptors (Lipinski definition) is 2. The number of hydrogen-bond donors (Lipinski definition) is 1. The molecule has 2 rings (SSSR count). The molecular weight excluding hydrogens is 400 g/mol. The molecule has 0 saturated carbocycles. The van der Waals surface area contributed by atoms with Gasteiger partial charge < -0.3 is 5.11 Å². The quantitative estimate of drug-likeness (QED) is 0.620. The molecule has 2 aromatic rings. The maximum atomic E-state index is 13.9. The lowest BCUT2D eigenvalue weighted by molar-refractivity contribution is 0.0688. The lowest BCUT2D eigenvalue weighted by atomic mass is 10.1. The van der Waals surface area contributed by atoms with Crippen molar-refractivity contribution in [3.63, 3.8) is 0 Å². The first-order valence-corrected chi connectivity index (χ1v) is 6.98. The van der Waals surface area contributed by atoms with Crippen LogP contribution in [0.4, 0.5) is 13.2 Å². The van der Waals surface area contributed by atoms with E-state index in [1.54, 1.807) is 36.4 Å². The third-order valence-electron chi connectivity index (χ3n) is 2.83. The maximum absolute atomic E-state index is 13.9. The molecule has 0 amide bonds. The Balaban J connectivity index is 2.77. The largest absolute Gasteiger partial charge is 0.476 e. The van der Waals surface area contributed by atoms with Crippen LogP contribution < -0.4 is 0 Å². The van der Waals surface area contributed by atoms with Crippen molar-refractivity contribution in [1.29, 1.82) is 0 Å². The molecule has 0 saturated heterocycles. The molecule has 1 heterocycles. The van der Waals surface area contributed by atoms with Crippen LogP contribution in [-0.2, 0) is 0 Å². The summed E-state index contributed by atoms with van der Waals surface area (Å²) in [5, 5.41) is 12.9. The van der Waals surface area contributed by atoms with Gasteiger partial charge in [-0.1, -0.05) is 13.8 Å². The van der Waals surface area contributed by atoms with E-state index in [9.17, 15) is 18.0 Å². The van der Waals surface area contributed by atoms with E-state index in [1.807, 2.05) is 0 Å². The molecule has 8 heteroatoms. The fraction of sp³-hybridized carbons (Fsp3) is 0.231. The van der Waals surface area contributed by atoms with E-state index in [0.717, 1.165) is 4.68 Å². The summed E-state index contributed by atoms with van der Waals surface area (Å²) in [6.07, 6.45) is 0. The molecule has 0 bridgehead atoms. The van der Waals surface area contributed by atoms with Gasteiger partial charge in [0.2, 0.25) is 0 Å². The summed E-state index contributed by atoms with van der Waals surface area (Å²) in [5.74, 6) is -5.04. The number of carboxylic acids is 1. The van der Waals surface area contributed by atoms with Crippen molar-refractivity contribution in [2.45, 2.75) is 19.8 Å². The smallest absolute Gasteiger partial charge is 0.357 e. The number of halogens is 4. The highest BCUT2D eigenvalue weighted by Crippen LogP contribution is 2.29. The van der Waals surface area contributed by atoms with Crippen molar-refractivity contribution in [2.24, 2.45) is 0 Å². The van der Waals surface area contributed by atoms with Crippen LogP contribution in [0.3, 0.4) is 0 Å². The summed E-state index contributed by atoms with van der Waals surface area (Å²) in [4.78, 5) is 11.1. The van der Waals surface area contributed by atoms with Crippen LogP contribution in [0.2, 0.25) is 0 Å². The third kappa shape index (κ3) is 2.76. The molecule has 0 radical (unpaired) electrons. The molecule has 4 nitrogen and oxygen atoms in total. The predicted molar refractivity (Wildman–Crippen MR) is 77.2 cm³/mol. The molecule has 21 heavy (non-hydrogen) atoms. The van der Waals surface area contributed by atoms with Crippen LogP contribution in [0, 0.1) is 21.0 Å². The van der Waals surface area contributed by atoms with E-state index < -0.39 is 23.4 Å². The number of aromatic carboxylic acids is 1. The molecule has 1 aromatic heterocycles. The SMILES string of the molecule is CC(C)c1c(I)c(C(=O)O)nn1-c1cc(F)c(F)cc1F. The second kappa shape index (κ2) is 5.66.